The van der Waals surface area contributed by atoms with Crippen LogP contribution < -0.4 is 5.32 Å². The van der Waals surface area contributed by atoms with Gasteiger partial charge in [0.2, 0.25) is 0 Å². The van der Waals surface area contributed by atoms with E-state index < -0.39 is 0 Å². The summed E-state index contributed by atoms with van der Waals surface area (Å²) in [6.45, 7) is 8.37. The van der Waals surface area contributed by atoms with Gasteiger partial charge >= 0.3 is 0 Å². The predicted octanol–water partition coefficient (Wildman–Crippen LogP) is 2.20. The minimum atomic E-state index is -0.0702. The van der Waals surface area contributed by atoms with Crippen LogP contribution in [0.4, 0.5) is 0 Å². The smallest absolute Gasteiger partial charge is 0.0750 e. The van der Waals surface area contributed by atoms with E-state index in [0.717, 1.165) is 42.6 Å². The number of aliphatic hydroxyl groups excluding tert-OH is 1. The summed E-state index contributed by atoms with van der Waals surface area (Å²) in [5, 5.41) is 14.3. The lowest BCUT2D eigenvalue weighted by molar-refractivity contribution is 0.234. The van der Waals surface area contributed by atoms with E-state index in [-0.39, 0.29) is 12.6 Å². The number of para-hydroxylation sites is 1. The summed E-state index contributed by atoms with van der Waals surface area (Å²) < 4.78 is 0. The number of nitrogens with one attached hydrogen (secondary N) is 1. The van der Waals surface area contributed by atoms with Crippen molar-refractivity contribution >= 4 is 10.9 Å². The standard InChI is InChI=1S/C17H25N3O/c1-3-20(4-2)12-11-18-16(13-21)15-9-5-7-14-8-6-10-19-17(14)15/h5-10,16,18,21H,3-4,11-13H2,1-2H3. The van der Waals surface area contributed by atoms with E-state index in [1.807, 2.05) is 18.2 Å². The largest absolute Gasteiger partial charge is 0.394 e. The van der Waals surface area contributed by atoms with Crippen molar-refractivity contribution in [2.24, 2.45) is 0 Å². The number of hydrogen-bond acceptors (Lipinski definition) is 4. The van der Waals surface area contributed by atoms with Crippen molar-refractivity contribution in [2.75, 3.05) is 32.8 Å². The van der Waals surface area contributed by atoms with Gasteiger partial charge in [0.25, 0.3) is 0 Å². The molecule has 1 atom stereocenters. The third kappa shape index (κ3) is 4.00. The Morgan fingerprint density at radius 2 is 1.95 bits per heavy atom. The fraction of sp³-hybridized carbons (Fsp3) is 0.471. The molecule has 2 aromatic rings. The number of hydrogen-bond donors (Lipinski definition) is 2. The van der Waals surface area contributed by atoms with Crippen molar-refractivity contribution in [2.45, 2.75) is 19.9 Å². The van der Waals surface area contributed by atoms with E-state index in [9.17, 15) is 5.11 Å². The average molecular weight is 287 g/mol. The van der Waals surface area contributed by atoms with Crippen LogP contribution in [0.25, 0.3) is 10.9 Å². The highest BCUT2D eigenvalue weighted by Crippen LogP contribution is 2.22. The molecule has 0 aliphatic rings. The van der Waals surface area contributed by atoms with Crippen LogP contribution in [0.3, 0.4) is 0 Å². The Balaban J connectivity index is 2.09. The lowest BCUT2D eigenvalue weighted by Gasteiger charge is -2.22. The first-order valence-electron chi connectivity index (χ1n) is 7.70. The maximum atomic E-state index is 9.71. The summed E-state index contributed by atoms with van der Waals surface area (Å²) in [6.07, 6.45) is 1.80. The molecule has 4 heteroatoms. The van der Waals surface area contributed by atoms with Gasteiger partial charge in [-0.1, -0.05) is 38.1 Å². The maximum Gasteiger partial charge on any atom is 0.0750 e. The van der Waals surface area contributed by atoms with Crippen LogP contribution in [-0.4, -0.2) is 47.8 Å². The Kier molecular flexibility index (Phi) is 6.11. The second-order valence-electron chi connectivity index (χ2n) is 5.14. The molecule has 0 aliphatic heterocycles. The van der Waals surface area contributed by atoms with E-state index >= 15 is 0 Å². The zero-order valence-corrected chi connectivity index (χ0v) is 12.9. The summed E-state index contributed by atoms with van der Waals surface area (Å²) in [6, 6.07) is 10.0. The molecule has 4 nitrogen and oxygen atoms in total. The Morgan fingerprint density at radius 3 is 2.67 bits per heavy atom. The van der Waals surface area contributed by atoms with Crippen LogP contribution in [-0.2, 0) is 0 Å². The fourth-order valence-corrected chi connectivity index (χ4v) is 2.62. The van der Waals surface area contributed by atoms with E-state index in [2.05, 4.69) is 41.2 Å². The second-order valence-corrected chi connectivity index (χ2v) is 5.14. The van der Waals surface area contributed by atoms with Crippen molar-refractivity contribution < 1.29 is 5.11 Å². The first kappa shape index (κ1) is 15.9. The fourth-order valence-electron chi connectivity index (χ4n) is 2.62. The highest BCUT2D eigenvalue weighted by molar-refractivity contribution is 5.82. The van der Waals surface area contributed by atoms with Gasteiger partial charge in [0.1, 0.15) is 0 Å². The average Bonchev–Trinajstić information content (AvgIpc) is 2.55. The van der Waals surface area contributed by atoms with Crippen molar-refractivity contribution in [1.29, 1.82) is 0 Å². The Bertz CT molecular complexity index is 549. The SMILES string of the molecule is CCN(CC)CCNC(CO)c1cccc2cccnc12. The molecule has 0 saturated heterocycles. The molecule has 1 aromatic carbocycles. The first-order valence-corrected chi connectivity index (χ1v) is 7.70. The van der Waals surface area contributed by atoms with Crippen molar-refractivity contribution in [3.05, 3.63) is 42.1 Å². The number of pyridine rings is 1. The molecule has 2 rings (SSSR count). The Morgan fingerprint density at radius 1 is 1.19 bits per heavy atom. The quantitative estimate of drug-likeness (QED) is 0.781. The van der Waals surface area contributed by atoms with Crippen molar-refractivity contribution in [3.63, 3.8) is 0 Å². The van der Waals surface area contributed by atoms with E-state index in [4.69, 9.17) is 0 Å². The van der Waals surface area contributed by atoms with Gasteiger partial charge in [-0.2, -0.15) is 0 Å². The molecule has 0 aliphatic carbocycles. The molecule has 1 aromatic heterocycles. The van der Waals surface area contributed by atoms with Crippen LogP contribution >= 0.6 is 0 Å². The number of rotatable bonds is 8. The summed E-state index contributed by atoms with van der Waals surface area (Å²) >= 11 is 0. The van der Waals surface area contributed by atoms with Crippen LogP contribution in [0.1, 0.15) is 25.5 Å². The van der Waals surface area contributed by atoms with Crippen molar-refractivity contribution in [1.82, 2.24) is 15.2 Å². The molecule has 0 spiro atoms. The normalized spacial score (nSPS) is 13.0. The number of fused-ring (bicyclic) bond motifs is 1. The van der Waals surface area contributed by atoms with Gasteiger partial charge in [-0.05, 0) is 24.7 Å². The van der Waals surface area contributed by atoms with Crippen LogP contribution in [0.2, 0.25) is 0 Å². The minimum absolute atomic E-state index is 0.0702. The predicted molar refractivity (Wildman–Crippen MR) is 87.4 cm³/mol. The summed E-state index contributed by atoms with van der Waals surface area (Å²) in [7, 11) is 0. The van der Waals surface area contributed by atoms with Gasteiger partial charge in [-0.25, -0.2) is 0 Å². The number of nitrogens with zero attached hydrogens (tertiary/aromatic N) is 2. The van der Waals surface area contributed by atoms with Gasteiger partial charge in [-0.15, -0.1) is 0 Å². The van der Waals surface area contributed by atoms with Crippen molar-refractivity contribution in [3.8, 4) is 0 Å². The first-order chi connectivity index (χ1) is 10.3. The zero-order valence-electron chi connectivity index (χ0n) is 12.9. The number of likely N-dealkylation sites (N-methyl/N-ethyl adjacent to an activating group) is 1. The number of benzene rings is 1. The number of aromatic nitrogens is 1. The molecular formula is C17H25N3O. The molecule has 21 heavy (non-hydrogen) atoms. The Hall–Kier alpha value is -1.49. The highest BCUT2D eigenvalue weighted by Gasteiger charge is 2.13. The summed E-state index contributed by atoms with van der Waals surface area (Å²) in [4.78, 5) is 6.83. The van der Waals surface area contributed by atoms with Gasteiger partial charge in [0.05, 0.1) is 18.2 Å². The lowest BCUT2D eigenvalue weighted by Crippen LogP contribution is -2.34. The number of aliphatic hydroxyl groups is 1. The van der Waals surface area contributed by atoms with E-state index in [1.54, 1.807) is 6.20 Å². The Labute approximate surface area is 126 Å². The summed E-state index contributed by atoms with van der Waals surface area (Å²) in [5.41, 5.74) is 2.03. The third-order valence-electron chi connectivity index (χ3n) is 3.94. The molecule has 2 N–H and O–H groups in total. The second kappa shape index (κ2) is 8.08. The van der Waals surface area contributed by atoms with Gasteiger partial charge in [-0.3, -0.25) is 4.98 Å². The molecule has 1 heterocycles. The molecule has 0 bridgehead atoms. The molecule has 0 saturated carbocycles. The topological polar surface area (TPSA) is 48.4 Å². The molecular weight excluding hydrogens is 262 g/mol. The molecule has 0 fully saturated rings. The van der Waals surface area contributed by atoms with E-state index in [1.165, 1.54) is 0 Å². The lowest BCUT2D eigenvalue weighted by atomic mass is 10.0. The zero-order chi connectivity index (χ0) is 15.1. The third-order valence-corrected chi connectivity index (χ3v) is 3.94. The monoisotopic (exact) mass is 287 g/mol. The van der Waals surface area contributed by atoms with Crippen LogP contribution in [0, 0.1) is 0 Å². The van der Waals surface area contributed by atoms with E-state index in [0.29, 0.717) is 0 Å². The minimum Gasteiger partial charge on any atom is -0.394 e. The molecule has 1 unspecified atom stereocenters. The molecule has 0 radical (unpaired) electrons. The highest BCUT2D eigenvalue weighted by atomic mass is 16.3. The van der Waals surface area contributed by atoms with Crippen LogP contribution in [0.5, 0.6) is 0 Å². The molecule has 0 amide bonds. The van der Waals surface area contributed by atoms with Crippen LogP contribution in [0.15, 0.2) is 36.5 Å². The summed E-state index contributed by atoms with van der Waals surface area (Å²) in [5.74, 6) is 0. The maximum absolute atomic E-state index is 9.71. The van der Waals surface area contributed by atoms with Gasteiger partial charge < -0.3 is 15.3 Å². The molecule has 114 valence electrons. The van der Waals surface area contributed by atoms with Gasteiger partial charge in [0, 0.05) is 24.7 Å². The van der Waals surface area contributed by atoms with Gasteiger partial charge in [0.15, 0.2) is 0 Å².